The number of nitrogens with zero attached hydrogens (tertiary/aromatic N) is 2. The summed E-state index contributed by atoms with van der Waals surface area (Å²) in [4.78, 5) is 28.9. The largest absolute Gasteiger partial charge is 0.396 e. The molecule has 2 heterocycles. The van der Waals surface area contributed by atoms with E-state index in [1.54, 1.807) is 19.2 Å². The molecule has 2 rings (SSSR count). The van der Waals surface area contributed by atoms with E-state index in [1.807, 2.05) is 13.8 Å². The molecule has 0 fully saturated rings. The van der Waals surface area contributed by atoms with Gasteiger partial charge in [-0.25, -0.2) is 9.50 Å². The molecule has 2 aromatic rings. The van der Waals surface area contributed by atoms with Crippen molar-refractivity contribution in [1.82, 2.24) is 19.9 Å². The molecule has 0 radical (unpaired) electrons. The Hall–Kier alpha value is -2.15. The minimum atomic E-state index is -0.304. The van der Waals surface area contributed by atoms with Crippen molar-refractivity contribution in [3.63, 3.8) is 0 Å². The van der Waals surface area contributed by atoms with Gasteiger partial charge in [-0.3, -0.25) is 14.7 Å². The van der Waals surface area contributed by atoms with E-state index in [-0.39, 0.29) is 29.9 Å². The van der Waals surface area contributed by atoms with Gasteiger partial charge < -0.3 is 10.4 Å². The number of H-pyrrole nitrogens is 1. The average Bonchev–Trinajstić information content (AvgIpc) is 3.01. The summed E-state index contributed by atoms with van der Waals surface area (Å²) in [6.45, 7) is 6.13. The van der Waals surface area contributed by atoms with Gasteiger partial charge in [0.2, 0.25) is 5.91 Å². The lowest BCUT2D eigenvalue weighted by atomic mass is 9.83. The summed E-state index contributed by atoms with van der Waals surface area (Å²) < 4.78 is 1.33. The third kappa shape index (κ3) is 3.44. The fourth-order valence-corrected chi connectivity index (χ4v) is 2.60. The molecule has 126 valence electrons. The first-order valence-corrected chi connectivity index (χ1v) is 7.89. The van der Waals surface area contributed by atoms with E-state index in [2.05, 4.69) is 15.4 Å². The second-order valence-corrected chi connectivity index (χ2v) is 5.96. The van der Waals surface area contributed by atoms with Crippen LogP contribution in [0, 0.1) is 12.3 Å². The number of aromatic amines is 1. The minimum absolute atomic E-state index is 0.0193. The van der Waals surface area contributed by atoms with Crippen molar-refractivity contribution in [3.8, 4) is 0 Å². The van der Waals surface area contributed by atoms with Crippen LogP contribution in [0.3, 0.4) is 0 Å². The second kappa shape index (κ2) is 6.95. The highest BCUT2D eigenvalue weighted by Gasteiger charge is 2.26. The van der Waals surface area contributed by atoms with E-state index >= 15 is 0 Å². The third-order valence-electron chi connectivity index (χ3n) is 4.68. The van der Waals surface area contributed by atoms with Gasteiger partial charge in [0.15, 0.2) is 5.65 Å². The van der Waals surface area contributed by atoms with E-state index in [0.29, 0.717) is 23.4 Å². The molecule has 2 aromatic heterocycles. The number of fused-ring (bicyclic) bond motifs is 1. The number of aliphatic hydroxyl groups excluding tert-OH is 1. The molecule has 7 heteroatoms. The van der Waals surface area contributed by atoms with E-state index < -0.39 is 0 Å². The zero-order valence-electron chi connectivity index (χ0n) is 13.8. The van der Waals surface area contributed by atoms with E-state index in [1.165, 1.54) is 4.52 Å². The first-order chi connectivity index (χ1) is 11.0. The normalized spacial score (nSPS) is 11.8. The lowest BCUT2D eigenvalue weighted by molar-refractivity contribution is -0.121. The van der Waals surface area contributed by atoms with Crippen LogP contribution in [0.25, 0.3) is 5.65 Å². The van der Waals surface area contributed by atoms with Gasteiger partial charge in [-0.1, -0.05) is 13.8 Å². The van der Waals surface area contributed by atoms with Crippen LogP contribution < -0.4 is 10.9 Å². The number of carbonyl (C=O) groups excluding carboxylic acids is 1. The quantitative estimate of drug-likeness (QED) is 0.702. The Morgan fingerprint density at radius 2 is 2.13 bits per heavy atom. The third-order valence-corrected chi connectivity index (χ3v) is 4.68. The smallest absolute Gasteiger partial charge is 0.276 e. The molecule has 0 aromatic carbocycles. The Labute approximate surface area is 134 Å². The van der Waals surface area contributed by atoms with Crippen molar-refractivity contribution >= 4 is 11.6 Å². The minimum Gasteiger partial charge on any atom is -0.396 e. The van der Waals surface area contributed by atoms with Crippen LogP contribution in [0.2, 0.25) is 0 Å². The standard InChI is InChI=1S/C16H24N4O3/c1-4-16(5-2,10-21)9-17-14(22)8-12-11(3)19-13-6-7-18-20(13)15(12)23/h6-7,18,21H,4-5,8-10H2,1-3H3,(H,17,22). The molecule has 0 bridgehead atoms. The van der Waals surface area contributed by atoms with E-state index in [4.69, 9.17) is 0 Å². The monoisotopic (exact) mass is 320 g/mol. The first-order valence-electron chi connectivity index (χ1n) is 7.89. The fourth-order valence-electron chi connectivity index (χ4n) is 2.60. The van der Waals surface area contributed by atoms with Crippen molar-refractivity contribution in [3.05, 3.63) is 33.9 Å². The molecule has 0 aliphatic rings. The highest BCUT2D eigenvalue weighted by Crippen LogP contribution is 2.24. The van der Waals surface area contributed by atoms with Crippen LogP contribution in [0.5, 0.6) is 0 Å². The number of hydrogen-bond acceptors (Lipinski definition) is 4. The van der Waals surface area contributed by atoms with Crippen LogP contribution in [0.4, 0.5) is 0 Å². The maximum atomic E-state index is 12.4. The van der Waals surface area contributed by atoms with Crippen molar-refractivity contribution in [1.29, 1.82) is 0 Å². The Bertz CT molecular complexity index is 735. The number of nitrogens with one attached hydrogen (secondary N) is 2. The highest BCUT2D eigenvalue weighted by molar-refractivity contribution is 5.78. The molecule has 0 spiro atoms. The number of aliphatic hydroxyl groups is 1. The molecule has 7 nitrogen and oxygen atoms in total. The molecular formula is C16H24N4O3. The van der Waals surface area contributed by atoms with Crippen LogP contribution in [0.1, 0.15) is 37.9 Å². The molecule has 0 atom stereocenters. The number of aromatic nitrogens is 3. The topological polar surface area (TPSA) is 99.5 Å². The van der Waals surface area contributed by atoms with Gasteiger partial charge in [-0.15, -0.1) is 0 Å². The number of carbonyl (C=O) groups is 1. The predicted molar refractivity (Wildman–Crippen MR) is 87.4 cm³/mol. The Morgan fingerprint density at radius 3 is 2.74 bits per heavy atom. The maximum Gasteiger partial charge on any atom is 0.276 e. The van der Waals surface area contributed by atoms with Crippen LogP contribution >= 0.6 is 0 Å². The summed E-state index contributed by atoms with van der Waals surface area (Å²) in [6, 6.07) is 1.70. The Morgan fingerprint density at radius 1 is 1.43 bits per heavy atom. The lowest BCUT2D eigenvalue weighted by Crippen LogP contribution is -2.40. The summed E-state index contributed by atoms with van der Waals surface area (Å²) in [5, 5.41) is 15.2. The molecular weight excluding hydrogens is 296 g/mol. The SMILES string of the molecule is CCC(CC)(CO)CNC(=O)Cc1c(C)nc2cc[nH]n2c1=O. The van der Waals surface area contributed by atoms with Crippen molar-refractivity contribution in [2.45, 2.75) is 40.0 Å². The zero-order chi connectivity index (χ0) is 17.0. The van der Waals surface area contributed by atoms with Gasteiger partial charge in [0.05, 0.1) is 13.0 Å². The number of hydrogen-bond donors (Lipinski definition) is 3. The molecule has 1 amide bonds. The molecule has 0 saturated carbocycles. The highest BCUT2D eigenvalue weighted by atomic mass is 16.3. The van der Waals surface area contributed by atoms with Gasteiger partial charge in [0.25, 0.3) is 5.56 Å². The molecule has 0 saturated heterocycles. The van der Waals surface area contributed by atoms with Crippen LogP contribution in [-0.4, -0.2) is 38.8 Å². The van der Waals surface area contributed by atoms with Gasteiger partial charge in [-0.05, 0) is 19.8 Å². The van der Waals surface area contributed by atoms with Crippen molar-refractivity contribution in [2.75, 3.05) is 13.2 Å². The summed E-state index contributed by atoms with van der Waals surface area (Å²) in [5.41, 5.74) is 0.913. The Balaban J connectivity index is 2.13. The number of amides is 1. The fraction of sp³-hybridized carbons (Fsp3) is 0.562. The molecule has 0 aliphatic heterocycles. The Kier molecular flexibility index (Phi) is 5.20. The summed E-state index contributed by atoms with van der Waals surface area (Å²) in [5.74, 6) is -0.238. The number of rotatable bonds is 7. The van der Waals surface area contributed by atoms with E-state index in [9.17, 15) is 14.7 Å². The molecule has 23 heavy (non-hydrogen) atoms. The zero-order valence-corrected chi connectivity index (χ0v) is 13.8. The average molecular weight is 320 g/mol. The van der Waals surface area contributed by atoms with Crippen LogP contribution in [0.15, 0.2) is 17.1 Å². The summed E-state index contributed by atoms with van der Waals surface area (Å²) >= 11 is 0. The first kappa shape index (κ1) is 17.2. The van der Waals surface area contributed by atoms with Gasteiger partial charge in [0.1, 0.15) is 0 Å². The summed E-state index contributed by atoms with van der Waals surface area (Å²) in [7, 11) is 0. The van der Waals surface area contributed by atoms with Gasteiger partial charge in [-0.2, -0.15) is 0 Å². The van der Waals surface area contributed by atoms with E-state index in [0.717, 1.165) is 12.8 Å². The number of aryl methyl sites for hydroxylation is 1. The predicted octanol–water partition coefficient (Wildman–Crippen LogP) is 0.788. The summed E-state index contributed by atoms with van der Waals surface area (Å²) in [6.07, 6.45) is 3.16. The molecule has 3 N–H and O–H groups in total. The van der Waals surface area contributed by atoms with Gasteiger partial charge >= 0.3 is 0 Å². The van der Waals surface area contributed by atoms with Crippen LogP contribution in [-0.2, 0) is 11.2 Å². The molecule has 0 aliphatic carbocycles. The second-order valence-electron chi connectivity index (χ2n) is 5.96. The molecule has 0 unspecified atom stereocenters. The maximum absolute atomic E-state index is 12.4. The van der Waals surface area contributed by atoms with Crippen molar-refractivity contribution < 1.29 is 9.90 Å². The van der Waals surface area contributed by atoms with Crippen molar-refractivity contribution in [2.24, 2.45) is 5.41 Å². The lowest BCUT2D eigenvalue weighted by Gasteiger charge is -2.29. The van der Waals surface area contributed by atoms with Gasteiger partial charge in [0, 0.05) is 35.5 Å².